The molecule has 8 heteroatoms. The molecule has 3 aromatic carbocycles. The van der Waals surface area contributed by atoms with Crippen LogP contribution >= 0.6 is 0 Å². The summed E-state index contributed by atoms with van der Waals surface area (Å²) < 4.78 is 5.37. The van der Waals surface area contributed by atoms with Gasteiger partial charge in [0.25, 0.3) is 0 Å². The highest BCUT2D eigenvalue weighted by Gasteiger charge is 2.29. The second-order valence-corrected chi connectivity index (χ2v) is 7.26. The predicted molar refractivity (Wildman–Crippen MR) is 117 cm³/mol. The van der Waals surface area contributed by atoms with Gasteiger partial charge < -0.3 is 25.6 Å². The molecule has 0 bridgehead atoms. The molecule has 2 amide bonds. The van der Waals surface area contributed by atoms with Crippen LogP contribution in [-0.4, -0.2) is 41.3 Å². The molecule has 3 aromatic rings. The van der Waals surface area contributed by atoms with E-state index < -0.39 is 23.7 Å². The fraction of sp³-hybridized carbons (Fsp3) is 0.125. The Morgan fingerprint density at radius 2 is 1.53 bits per heavy atom. The van der Waals surface area contributed by atoms with Crippen molar-refractivity contribution in [3.05, 3.63) is 83.4 Å². The van der Waals surface area contributed by atoms with Crippen molar-refractivity contribution in [2.45, 2.75) is 5.92 Å². The molecule has 32 heavy (non-hydrogen) atoms. The van der Waals surface area contributed by atoms with Gasteiger partial charge in [0.15, 0.2) is 0 Å². The minimum absolute atomic E-state index is 0.0894. The molecule has 0 aromatic heterocycles. The van der Waals surface area contributed by atoms with E-state index in [2.05, 4.69) is 10.6 Å². The normalized spacial score (nSPS) is 11.9. The standard InChI is InChI=1S/C24H20N2O6/c27-21-10-9-14(11-19(21)23(29)30)26-22(28)12-25-24(31)32-13-20-17-7-3-1-5-15(17)16-6-2-4-8-18(16)20/h1-11,20,27H,12-13H2,(H,25,31)(H,26,28)(H,29,30). The van der Waals surface area contributed by atoms with Crippen molar-refractivity contribution in [2.75, 3.05) is 18.5 Å². The zero-order valence-electron chi connectivity index (χ0n) is 16.9. The summed E-state index contributed by atoms with van der Waals surface area (Å²) in [6.45, 7) is -0.235. The number of hydrogen-bond donors (Lipinski definition) is 4. The first-order chi connectivity index (χ1) is 15.4. The number of carboxylic acid groups (broad SMARTS) is 1. The number of aromatic hydroxyl groups is 1. The lowest BCUT2D eigenvalue weighted by Gasteiger charge is -2.14. The zero-order valence-corrected chi connectivity index (χ0v) is 16.9. The largest absolute Gasteiger partial charge is 0.507 e. The first-order valence-corrected chi connectivity index (χ1v) is 9.89. The molecule has 1 aliphatic rings. The first kappa shape index (κ1) is 20.9. The Morgan fingerprint density at radius 1 is 0.906 bits per heavy atom. The lowest BCUT2D eigenvalue weighted by molar-refractivity contribution is -0.115. The van der Waals surface area contributed by atoms with Gasteiger partial charge in [-0.25, -0.2) is 9.59 Å². The quantitative estimate of drug-likeness (QED) is 0.442. The maximum absolute atomic E-state index is 12.1. The second kappa shape index (κ2) is 8.81. The van der Waals surface area contributed by atoms with Gasteiger partial charge in [0.2, 0.25) is 5.91 Å². The summed E-state index contributed by atoms with van der Waals surface area (Å²) in [5, 5.41) is 23.4. The highest BCUT2D eigenvalue weighted by Crippen LogP contribution is 2.44. The SMILES string of the molecule is O=C(CNC(=O)OCC1c2ccccc2-c2ccccc21)Nc1ccc(O)c(C(=O)O)c1. The van der Waals surface area contributed by atoms with Crippen LogP contribution in [0.2, 0.25) is 0 Å². The molecular formula is C24H20N2O6. The molecule has 1 aliphatic carbocycles. The van der Waals surface area contributed by atoms with Crippen LogP contribution in [0.5, 0.6) is 5.75 Å². The molecule has 0 saturated heterocycles. The molecule has 162 valence electrons. The van der Waals surface area contributed by atoms with Gasteiger partial charge in [0, 0.05) is 11.6 Å². The maximum atomic E-state index is 12.1. The van der Waals surface area contributed by atoms with Crippen LogP contribution in [-0.2, 0) is 9.53 Å². The molecule has 0 radical (unpaired) electrons. The summed E-state index contributed by atoms with van der Waals surface area (Å²) in [7, 11) is 0. The Balaban J connectivity index is 1.32. The molecule has 4 rings (SSSR count). The third kappa shape index (κ3) is 4.24. The van der Waals surface area contributed by atoms with Gasteiger partial charge in [0.1, 0.15) is 24.5 Å². The summed E-state index contributed by atoms with van der Waals surface area (Å²) in [5.41, 5.74) is 4.24. The van der Waals surface area contributed by atoms with Crippen molar-refractivity contribution in [1.29, 1.82) is 0 Å². The zero-order chi connectivity index (χ0) is 22.7. The third-order valence-electron chi connectivity index (χ3n) is 5.25. The Bertz CT molecular complexity index is 1160. The Hall–Kier alpha value is -4.33. The van der Waals surface area contributed by atoms with Gasteiger partial charge >= 0.3 is 12.1 Å². The molecular weight excluding hydrogens is 412 g/mol. The molecule has 4 N–H and O–H groups in total. The van der Waals surface area contributed by atoms with E-state index in [4.69, 9.17) is 9.84 Å². The van der Waals surface area contributed by atoms with Gasteiger partial charge in [-0.3, -0.25) is 4.79 Å². The first-order valence-electron chi connectivity index (χ1n) is 9.89. The Morgan fingerprint density at radius 3 is 2.16 bits per heavy atom. The van der Waals surface area contributed by atoms with E-state index in [1.54, 1.807) is 0 Å². The maximum Gasteiger partial charge on any atom is 0.407 e. The minimum Gasteiger partial charge on any atom is -0.507 e. The van der Waals surface area contributed by atoms with Crippen molar-refractivity contribution in [3.8, 4) is 16.9 Å². The highest BCUT2D eigenvalue weighted by molar-refractivity contribution is 5.97. The second-order valence-electron chi connectivity index (χ2n) is 7.26. The van der Waals surface area contributed by atoms with E-state index in [-0.39, 0.29) is 30.3 Å². The van der Waals surface area contributed by atoms with E-state index in [0.29, 0.717) is 0 Å². The number of fused-ring (bicyclic) bond motifs is 3. The van der Waals surface area contributed by atoms with E-state index >= 15 is 0 Å². The summed E-state index contributed by atoms with van der Waals surface area (Å²) in [5.74, 6) is -2.39. The number of phenols is 1. The highest BCUT2D eigenvalue weighted by atomic mass is 16.5. The third-order valence-corrected chi connectivity index (χ3v) is 5.25. The Kier molecular flexibility index (Phi) is 5.76. The van der Waals surface area contributed by atoms with Crippen LogP contribution < -0.4 is 10.6 Å². The predicted octanol–water partition coefficient (Wildman–Crippen LogP) is 3.57. The molecule has 0 unspecified atom stereocenters. The number of benzene rings is 3. The number of alkyl carbamates (subject to hydrolysis) is 1. The average molecular weight is 432 g/mol. The molecule has 0 fully saturated rings. The van der Waals surface area contributed by atoms with Crippen molar-refractivity contribution < 1.29 is 29.3 Å². The van der Waals surface area contributed by atoms with Gasteiger partial charge in [0.05, 0.1) is 0 Å². The van der Waals surface area contributed by atoms with Crippen LogP contribution in [0.15, 0.2) is 66.7 Å². The number of carboxylic acids is 1. The number of aromatic carboxylic acids is 1. The molecule has 0 heterocycles. The molecule has 8 nitrogen and oxygen atoms in total. The minimum atomic E-state index is -1.32. The number of carbonyl (C=O) groups excluding carboxylic acids is 2. The average Bonchev–Trinajstić information content (AvgIpc) is 3.11. The molecule has 0 saturated carbocycles. The molecule has 0 spiro atoms. The monoisotopic (exact) mass is 432 g/mol. The van der Waals surface area contributed by atoms with E-state index in [1.165, 1.54) is 6.07 Å². The number of amides is 2. The number of rotatable bonds is 6. The smallest absolute Gasteiger partial charge is 0.407 e. The fourth-order valence-corrected chi connectivity index (χ4v) is 3.79. The number of nitrogens with one attached hydrogen (secondary N) is 2. The summed E-state index contributed by atoms with van der Waals surface area (Å²) >= 11 is 0. The topological polar surface area (TPSA) is 125 Å². The number of hydrogen-bond acceptors (Lipinski definition) is 5. The van der Waals surface area contributed by atoms with E-state index in [9.17, 15) is 19.5 Å². The van der Waals surface area contributed by atoms with Gasteiger partial charge in [-0.1, -0.05) is 48.5 Å². The van der Waals surface area contributed by atoms with Crippen molar-refractivity contribution >= 4 is 23.7 Å². The van der Waals surface area contributed by atoms with Crippen LogP contribution in [0, 0.1) is 0 Å². The summed E-state index contributed by atoms with van der Waals surface area (Å²) in [4.78, 5) is 35.3. The van der Waals surface area contributed by atoms with Gasteiger partial charge in [-0.2, -0.15) is 0 Å². The van der Waals surface area contributed by atoms with Crippen LogP contribution in [0.3, 0.4) is 0 Å². The van der Waals surface area contributed by atoms with Gasteiger partial charge in [-0.05, 0) is 40.5 Å². The number of anilines is 1. The van der Waals surface area contributed by atoms with Crippen LogP contribution in [0.1, 0.15) is 27.4 Å². The molecule has 0 atom stereocenters. The van der Waals surface area contributed by atoms with Crippen LogP contribution in [0.4, 0.5) is 10.5 Å². The number of carbonyl (C=O) groups is 3. The summed E-state index contributed by atoms with van der Waals surface area (Å²) in [6.07, 6.45) is -0.737. The Labute approximate surface area is 183 Å². The van der Waals surface area contributed by atoms with Crippen molar-refractivity contribution in [1.82, 2.24) is 5.32 Å². The lowest BCUT2D eigenvalue weighted by atomic mass is 9.98. The summed E-state index contributed by atoms with van der Waals surface area (Å²) in [6, 6.07) is 19.6. The van der Waals surface area contributed by atoms with E-state index in [1.807, 2.05) is 48.5 Å². The van der Waals surface area contributed by atoms with Crippen molar-refractivity contribution in [2.24, 2.45) is 0 Å². The fourth-order valence-electron chi connectivity index (χ4n) is 3.79. The van der Waals surface area contributed by atoms with Crippen LogP contribution in [0.25, 0.3) is 11.1 Å². The lowest BCUT2D eigenvalue weighted by Crippen LogP contribution is -2.34. The molecule has 0 aliphatic heterocycles. The van der Waals surface area contributed by atoms with Gasteiger partial charge in [-0.15, -0.1) is 0 Å². The van der Waals surface area contributed by atoms with E-state index in [0.717, 1.165) is 34.4 Å². The van der Waals surface area contributed by atoms with Crippen molar-refractivity contribution in [3.63, 3.8) is 0 Å². The number of ether oxygens (including phenoxy) is 1.